The second kappa shape index (κ2) is 6.63. The van der Waals surface area contributed by atoms with Gasteiger partial charge in [0.05, 0.1) is 20.3 Å². The molecule has 2 heterocycles. The first-order valence-corrected chi connectivity index (χ1v) is 8.84. The lowest BCUT2D eigenvalue weighted by Crippen LogP contribution is -2.45. The van der Waals surface area contributed by atoms with Crippen molar-refractivity contribution in [2.45, 2.75) is 25.4 Å². The number of hydrogen-bond acceptors (Lipinski definition) is 4. The number of methoxy groups -OCH3 is 2. The van der Waals surface area contributed by atoms with Gasteiger partial charge in [-0.3, -0.25) is 10.1 Å². The Morgan fingerprint density at radius 2 is 1.85 bits per heavy atom. The number of carbonyl (C=O) groups is 1. The van der Waals surface area contributed by atoms with E-state index >= 15 is 0 Å². The Morgan fingerprint density at radius 1 is 1.15 bits per heavy atom. The Kier molecular flexibility index (Phi) is 4.28. The van der Waals surface area contributed by atoms with Gasteiger partial charge in [0.1, 0.15) is 6.04 Å². The topological polar surface area (TPSA) is 83.6 Å². The monoisotopic (exact) mass is 366 g/mol. The van der Waals surface area contributed by atoms with Crippen LogP contribution in [0.25, 0.3) is 10.9 Å². The van der Waals surface area contributed by atoms with E-state index in [2.05, 4.69) is 10.3 Å². The van der Waals surface area contributed by atoms with Crippen molar-refractivity contribution in [2.75, 3.05) is 14.2 Å². The summed E-state index contributed by atoms with van der Waals surface area (Å²) in [5.74, 6) is 0.422. The van der Waals surface area contributed by atoms with Crippen molar-refractivity contribution >= 4 is 16.9 Å². The average Bonchev–Trinajstić information content (AvgIpc) is 3.05. The standard InChI is InChI=1S/C21H22N2O4/c1-11-8-17(26-2)18(27-3)10-13(11)19-20-14(9-16(23-19)21(24)25)12-6-4-5-7-15(12)22-20/h4-8,10,16,19,22-23H,9H2,1-3H3,(H,24,25). The molecule has 6 heteroatoms. The first kappa shape index (κ1) is 17.4. The zero-order valence-electron chi connectivity index (χ0n) is 15.5. The number of hydrogen-bond donors (Lipinski definition) is 3. The second-order valence-corrected chi connectivity index (χ2v) is 6.82. The van der Waals surface area contributed by atoms with E-state index in [0.29, 0.717) is 17.9 Å². The van der Waals surface area contributed by atoms with Crippen molar-refractivity contribution in [3.05, 3.63) is 58.8 Å². The number of rotatable bonds is 4. The minimum Gasteiger partial charge on any atom is -0.493 e. The predicted octanol–water partition coefficient (Wildman–Crippen LogP) is 3.18. The molecule has 3 N–H and O–H groups in total. The molecule has 6 nitrogen and oxygen atoms in total. The molecule has 0 fully saturated rings. The van der Waals surface area contributed by atoms with E-state index in [1.54, 1.807) is 14.2 Å². The van der Waals surface area contributed by atoms with Crippen LogP contribution < -0.4 is 14.8 Å². The van der Waals surface area contributed by atoms with E-state index in [9.17, 15) is 9.90 Å². The third kappa shape index (κ3) is 2.82. The van der Waals surface area contributed by atoms with Crippen LogP contribution in [-0.2, 0) is 11.2 Å². The lowest BCUT2D eigenvalue weighted by atomic mass is 9.88. The summed E-state index contributed by atoms with van der Waals surface area (Å²) in [6.45, 7) is 1.99. The number of aryl methyl sites for hydroxylation is 1. The first-order chi connectivity index (χ1) is 13.0. The zero-order valence-corrected chi connectivity index (χ0v) is 15.5. The summed E-state index contributed by atoms with van der Waals surface area (Å²) in [6.07, 6.45) is 0.442. The molecule has 2 aromatic carbocycles. The van der Waals surface area contributed by atoms with E-state index < -0.39 is 12.0 Å². The molecule has 0 bridgehead atoms. The maximum atomic E-state index is 11.8. The third-order valence-electron chi connectivity index (χ3n) is 5.29. The van der Waals surface area contributed by atoms with Gasteiger partial charge in [-0.05, 0) is 41.8 Å². The van der Waals surface area contributed by atoms with E-state index in [0.717, 1.165) is 33.3 Å². The molecular weight excluding hydrogens is 344 g/mol. The Bertz CT molecular complexity index is 1020. The number of fused-ring (bicyclic) bond motifs is 3. The van der Waals surface area contributed by atoms with E-state index in [1.807, 2.05) is 43.3 Å². The normalized spacial score (nSPS) is 18.9. The van der Waals surface area contributed by atoms with Crippen LogP contribution in [0.2, 0.25) is 0 Å². The van der Waals surface area contributed by atoms with Gasteiger partial charge < -0.3 is 19.6 Å². The SMILES string of the molecule is COc1cc(C)c(C2NC(C(=O)O)Cc3c2[nH]c2ccccc32)cc1OC. The molecule has 2 atom stereocenters. The smallest absolute Gasteiger partial charge is 0.321 e. The number of nitrogens with one attached hydrogen (secondary N) is 2. The van der Waals surface area contributed by atoms with Crippen LogP contribution in [0.3, 0.4) is 0 Å². The van der Waals surface area contributed by atoms with Crippen LogP contribution in [0.4, 0.5) is 0 Å². The molecule has 1 aliphatic rings. The molecule has 0 radical (unpaired) electrons. The van der Waals surface area contributed by atoms with Crippen molar-refractivity contribution in [3.63, 3.8) is 0 Å². The minimum absolute atomic E-state index is 0.276. The largest absolute Gasteiger partial charge is 0.493 e. The summed E-state index contributed by atoms with van der Waals surface area (Å²) in [5, 5.41) is 14.0. The fraction of sp³-hybridized carbons (Fsp3) is 0.286. The van der Waals surface area contributed by atoms with Crippen molar-refractivity contribution in [1.29, 1.82) is 0 Å². The molecule has 4 rings (SSSR count). The van der Waals surface area contributed by atoms with Crippen LogP contribution in [0.5, 0.6) is 11.5 Å². The van der Waals surface area contributed by atoms with Crippen LogP contribution in [0.15, 0.2) is 36.4 Å². The van der Waals surface area contributed by atoms with Gasteiger partial charge in [-0.15, -0.1) is 0 Å². The number of ether oxygens (including phenoxy) is 2. The molecule has 0 spiro atoms. The molecule has 0 aliphatic carbocycles. The lowest BCUT2D eigenvalue weighted by molar-refractivity contribution is -0.139. The van der Waals surface area contributed by atoms with E-state index in [4.69, 9.17) is 9.47 Å². The summed E-state index contributed by atoms with van der Waals surface area (Å²) < 4.78 is 10.9. The first-order valence-electron chi connectivity index (χ1n) is 8.84. The fourth-order valence-corrected chi connectivity index (χ4v) is 3.95. The fourth-order valence-electron chi connectivity index (χ4n) is 3.95. The highest BCUT2D eigenvalue weighted by Gasteiger charge is 2.34. The van der Waals surface area contributed by atoms with Crippen molar-refractivity contribution < 1.29 is 19.4 Å². The van der Waals surface area contributed by atoms with Crippen LogP contribution >= 0.6 is 0 Å². The number of carboxylic acids is 1. The van der Waals surface area contributed by atoms with Crippen molar-refractivity contribution in [2.24, 2.45) is 0 Å². The molecule has 0 saturated heterocycles. The molecule has 27 heavy (non-hydrogen) atoms. The number of aromatic nitrogens is 1. The molecule has 2 unspecified atom stereocenters. The van der Waals surface area contributed by atoms with Crippen LogP contribution in [0, 0.1) is 6.92 Å². The molecule has 1 aromatic heterocycles. The van der Waals surface area contributed by atoms with Gasteiger partial charge in [0.15, 0.2) is 11.5 Å². The van der Waals surface area contributed by atoms with Crippen LogP contribution in [-0.4, -0.2) is 36.3 Å². The average molecular weight is 366 g/mol. The summed E-state index contributed by atoms with van der Waals surface area (Å²) in [5.41, 5.74) is 5.03. The van der Waals surface area contributed by atoms with Gasteiger partial charge in [-0.25, -0.2) is 0 Å². The Balaban J connectivity index is 1.92. The number of aromatic amines is 1. The predicted molar refractivity (Wildman–Crippen MR) is 103 cm³/mol. The number of H-pyrrole nitrogens is 1. The Morgan fingerprint density at radius 3 is 2.56 bits per heavy atom. The summed E-state index contributed by atoms with van der Waals surface area (Å²) >= 11 is 0. The van der Waals surface area contributed by atoms with E-state index in [-0.39, 0.29) is 6.04 Å². The maximum absolute atomic E-state index is 11.8. The van der Waals surface area contributed by atoms with Crippen LogP contribution in [0.1, 0.15) is 28.4 Å². The number of benzene rings is 2. The number of aliphatic carboxylic acids is 1. The van der Waals surface area contributed by atoms with Gasteiger partial charge in [0.2, 0.25) is 0 Å². The number of carboxylic acid groups (broad SMARTS) is 1. The molecule has 3 aromatic rings. The van der Waals surface area contributed by atoms with Crippen molar-refractivity contribution in [1.82, 2.24) is 10.3 Å². The van der Waals surface area contributed by atoms with E-state index in [1.165, 1.54) is 0 Å². The third-order valence-corrected chi connectivity index (χ3v) is 5.29. The minimum atomic E-state index is -0.853. The van der Waals surface area contributed by atoms with Gasteiger partial charge in [-0.2, -0.15) is 0 Å². The highest BCUT2D eigenvalue weighted by molar-refractivity contribution is 5.87. The van der Waals surface area contributed by atoms with Gasteiger partial charge in [-0.1, -0.05) is 18.2 Å². The number of para-hydroxylation sites is 1. The quantitative estimate of drug-likeness (QED) is 0.660. The van der Waals surface area contributed by atoms with Gasteiger partial charge >= 0.3 is 5.97 Å². The van der Waals surface area contributed by atoms with Crippen molar-refractivity contribution in [3.8, 4) is 11.5 Å². The summed E-state index contributed by atoms with van der Waals surface area (Å²) in [7, 11) is 3.20. The lowest BCUT2D eigenvalue weighted by Gasteiger charge is -2.31. The summed E-state index contributed by atoms with van der Waals surface area (Å²) in [4.78, 5) is 15.3. The Labute approximate surface area is 157 Å². The molecule has 0 amide bonds. The second-order valence-electron chi connectivity index (χ2n) is 6.82. The summed E-state index contributed by atoms with van der Waals surface area (Å²) in [6, 6.07) is 10.9. The molecular formula is C21H22N2O4. The maximum Gasteiger partial charge on any atom is 0.321 e. The van der Waals surface area contributed by atoms with Gasteiger partial charge in [0, 0.05) is 23.0 Å². The Hall–Kier alpha value is -2.99. The highest BCUT2D eigenvalue weighted by atomic mass is 16.5. The zero-order chi connectivity index (χ0) is 19.1. The highest BCUT2D eigenvalue weighted by Crippen LogP contribution is 2.39. The van der Waals surface area contributed by atoms with Gasteiger partial charge in [0.25, 0.3) is 0 Å². The molecule has 140 valence electrons. The molecule has 1 aliphatic heterocycles. The molecule has 0 saturated carbocycles.